The minimum Gasteiger partial charge on any atom is -0.493 e. The third kappa shape index (κ3) is 4.37. The molecule has 0 aliphatic heterocycles. The molecule has 124 valence electrons. The summed E-state index contributed by atoms with van der Waals surface area (Å²) < 4.78 is 42.6. The molecule has 0 saturated carbocycles. The fourth-order valence-corrected chi connectivity index (χ4v) is 3.03. The number of sulfonamides is 1. The van der Waals surface area contributed by atoms with Crippen LogP contribution in [0.4, 0.5) is 0 Å². The van der Waals surface area contributed by atoms with E-state index in [0.717, 1.165) is 0 Å². The molecule has 23 heavy (non-hydrogen) atoms. The number of ether oxygens (including phenoxy) is 3. The Hall–Kier alpha value is -2.25. The van der Waals surface area contributed by atoms with Crippen LogP contribution < -0.4 is 18.9 Å². The van der Waals surface area contributed by atoms with Gasteiger partial charge >= 0.3 is 0 Å². The van der Waals surface area contributed by atoms with E-state index in [2.05, 4.69) is 4.72 Å². The summed E-state index contributed by atoms with van der Waals surface area (Å²) in [7, 11) is -0.475. The molecule has 0 amide bonds. The number of rotatable bonds is 8. The smallest absolute Gasteiger partial charge is 0.240 e. The second kappa shape index (κ2) is 7.85. The van der Waals surface area contributed by atoms with Gasteiger partial charge in [-0.15, -0.1) is 0 Å². The van der Waals surface area contributed by atoms with E-state index in [1.165, 1.54) is 26.4 Å². The van der Waals surface area contributed by atoms with Gasteiger partial charge in [-0.1, -0.05) is 24.3 Å². The van der Waals surface area contributed by atoms with Gasteiger partial charge in [0.2, 0.25) is 15.8 Å². The molecule has 1 N–H and O–H groups in total. The summed E-state index contributed by atoms with van der Waals surface area (Å²) in [4.78, 5) is 0.221. The topological polar surface area (TPSA) is 73.9 Å². The Balaban J connectivity index is 1.94. The van der Waals surface area contributed by atoms with Crippen LogP contribution >= 0.6 is 0 Å². The highest BCUT2D eigenvalue weighted by Gasteiger charge is 2.13. The fraction of sp³-hybridized carbons (Fsp3) is 0.250. The maximum absolute atomic E-state index is 12.1. The minimum atomic E-state index is -3.53. The van der Waals surface area contributed by atoms with Gasteiger partial charge in [0.1, 0.15) is 6.61 Å². The summed E-state index contributed by atoms with van der Waals surface area (Å²) >= 11 is 0. The van der Waals surface area contributed by atoms with Crippen LogP contribution in [0.3, 0.4) is 0 Å². The Morgan fingerprint density at radius 1 is 0.913 bits per heavy atom. The van der Waals surface area contributed by atoms with Crippen molar-refractivity contribution in [2.45, 2.75) is 4.90 Å². The predicted molar refractivity (Wildman–Crippen MR) is 86.7 cm³/mol. The summed E-state index contributed by atoms with van der Waals surface area (Å²) in [5.74, 6) is 1.52. The van der Waals surface area contributed by atoms with Gasteiger partial charge in [0.25, 0.3) is 0 Å². The number of methoxy groups -OCH3 is 2. The van der Waals surface area contributed by atoms with E-state index in [-0.39, 0.29) is 18.0 Å². The highest BCUT2D eigenvalue weighted by atomic mass is 32.2. The Morgan fingerprint density at radius 3 is 2.26 bits per heavy atom. The molecule has 2 aromatic carbocycles. The van der Waals surface area contributed by atoms with Crippen LogP contribution in [0.25, 0.3) is 0 Å². The van der Waals surface area contributed by atoms with Crippen LogP contribution in [0, 0.1) is 0 Å². The van der Waals surface area contributed by atoms with Crippen molar-refractivity contribution in [2.24, 2.45) is 0 Å². The van der Waals surface area contributed by atoms with E-state index in [9.17, 15) is 8.42 Å². The Kier molecular flexibility index (Phi) is 5.84. The number of hydrogen-bond acceptors (Lipinski definition) is 5. The third-order valence-electron chi connectivity index (χ3n) is 3.07. The van der Waals surface area contributed by atoms with E-state index in [4.69, 9.17) is 14.2 Å². The molecular formula is C16H19NO5S. The van der Waals surface area contributed by atoms with Crippen molar-refractivity contribution in [1.29, 1.82) is 0 Å². The summed E-state index contributed by atoms with van der Waals surface area (Å²) in [5.41, 5.74) is 0. The number of benzene rings is 2. The number of nitrogens with one attached hydrogen (secondary N) is 1. The SMILES string of the molecule is COc1cccc(OCCNS(=O)(=O)c2ccccc2)c1OC. The number of hydrogen-bond donors (Lipinski definition) is 1. The standard InChI is InChI=1S/C16H19NO5S/c1-20-14-9-6-10-15(16(14)21-2)22-12-11-17-23(18,19)13-7-4-3-5-8-13/h3-10,17H,11-12H2,1-2H3. The molecule has 0 aliphatic rings. The van der Waals surface area contributed by atoms with Gasteiger partial charge in [-0.25, -0.2) is 13.1 Å². The van der Waals surface area contributed by atoms with Crippen LogP contribution in [-0.4, -0.2) is 35.8 Å². The average Bonchev–Trinajstić information content (AvgIpc) is 2.59. The molecule has 6 nitrogen and oxygen atoms in total. The average molecular weight is 337 g/mol. The van der Waals surface area contributed by atoms with Crippen molar-refractivity contribution < 1.29 is 22.6 Å². The molecule has 0 unspecified atom stereocenters. The van der Waals surface area contributed by atoms with Gasteiger partial charge in [0.05, 0.1) is 19.1 Å². The third-order valence-corrected chi connectivity index (χ3v) is 4.55. The van der Waals surface area contributed by atoms with E-state index >= 15 is 0 Å². The lowest BCUT2D eigenvalue weighted by molar-refractivity contribution is 0.287. The van der Waals surface area contributed by atoms with Gasteiger partial charge in [0, 0.05) is 6.54 Å². The molecule has 0 spiro atoms. The zero-order chi connectivity index (χ0) is 16.7. The lowest BCUT2D eigenvalue weighted by atomic mass is 10.3. The van der Waals surface area contributed by atoms with E-state index in [1.807, 2.05) is 0 Å². The first-order valence-electron chi connectivity index (χ1n) is 6.97. The van der Waals surface area contributed by atoms with Crippen LogP contribution in [0.1, 0.15) is 0 Å². The summed E-state index contributed by atoms with van der Waals surface area (Å²) in [5, 5.41) is 0. The fourth-order valence-electron chi connectivity index (χ4n) is 1.99. The van der Waals surface area contributed by atoms with Crippen molar-refractivity contribution >= 4 is 10.0 Å². The molecule has 0 atom stereocenters. The minimum absolute atomic E-state index is 0.136. The highest BCUT2D eigenvalue weighted by molar-refractivity contribution is 7.89. The summed E-state index contributed by atoms with van der Waals surface area (Å²) in [6, 6.07) is 13.4. The largest absolute Gasteiger partial charge is 0.493 e. The van der Waals surface area contributed by atoms with Gasteiger partial charge in [-0.2, -0.15) is 0 Å². The number of para-hydroxylation sites is 1. The van der Waals surface area contributed by atoms with Crippen LogP contribution in [-0.2, 0) is 10.0 Å². The van der Waals surface area contributed by atoms with Gasteiger partial charge in [0.15, 0.2) is 11.5 Å². The first-order valence-corrected chi connectivity index (χ1v) is 8.45. The molecule has 0 fully saturated rings. The van der Waals surface area contributed by atoms with Crippen molar-refractivity contribution in [3.8, 4) is 17.2 Å². The Bertz CT molecular complexity index is 731. The molecule has 0 aliphatic carbocycles. The first-order chi connectivity index (χ1) is 11.1. The molecule has 0 radical (unpaired) electrons. The summed E-state index contributed by atoms with van der Waals surface area (Å²) in [6.07, 6.45) is 0. The molecule has 0 heterocycles. The second-order valence-electron chi connectivity index (χ2n) is 4.55. The quantitative estimate of drug-likeness (QED) is 0.747. The lowest BCUT2D eigenvalue weighted by Crippen LogP contribution is -2.28. The highest BCUT2D eigenvalue weighted by Crippen LogP contribution is 2.36. The first kappa shape index (κ1) is 17.1. The van der Waals surface area contributed by atoms with E-state index in [0.29, 0.717) is 17.2 Å². The molecule has 0 aromatic heterocycles. The van der Waals surface area contributed by atoms with Gasteiger partial charge < -0.3 is 14.2 Å². The monoisotopic (exact) mass is 337 g/mol. The van der Waals surface area contributed by atoms with Crippen molar-refractivity contribution in [3.63, 3.8) is 0 Å². The van der Waals surface area contributed by atoms with Crippen LogP contribution in [0.5, 0.6) is 17.2 Å². The molecular weight excluding hydrogens is 318 g/mol. The van der Waals surface area contributed by atoms with Gasteiger partial charge in [-0.3, -0.25) is 0 Å². The zero-order valence-electron chi connectivity index (χ0n) is 13.0. The maximum atomic E-state index is 12.1. The van der Waals surface area contributed by atoms with E-state index in [1.54, 1.807) is 36.4 Å². The lowest BCUT2D eigenvalue weighted by Gasteiger charge is -2.13. The molecule has 2 rings (SSSR count). The Labute approximate surface area is 136 Å². The van der Waals surface area contributed by atoms with Crippen molar-refractivity contribution in [1.82, 2.24) is 4.72 Å². The Morgan fingerprint density at radius 2 is 1.61 bits per heavy atom. The molecule has 0 bridgehead atoms. The summed E-state index contributed by atoms with van der Waals surface area (Å²) in [6.45, 7) is 0.299. The molecule has 7 heteroatoms. The van der Waals surface area contributed by atoms with Gasteiger partial charge in [-0.05, 0) is 24.3 Å². The predicted octanol–water partition coefficient (Wildman–Crippen LogP) is 2.06. The van der Waals surface area contributed by atoms with Crippen LogP contribution in [0.2, 0.25) is 0 Å². The maximum Gasteiger partial charge on any atom is 0.240 e. The normalized spacial score (nSPS) is 11.0. The van der Waals surface area contributed by atoms with Crippen molar-refractivity contribution in [3.05, 3.63) is 48.5 Å². The van der Waals surface area contributed by atoms with Crippen LogP contribution in [0.15, 0.2) is 53.4 Å². The van der Waals surface area contributed by atoms with E-state index < -0.39 is 10.0 Å². The second-order valence-corrected chi connectivity index (χ2v) is 6.32. The molecule has 2 aromatic rings. The zero-order valence-corrected chi connectivity index (χ0v) is 13.8. The van der Waals surface area contributed by atoms with Crippen molar-refractivity contribution in [2.75, 3.05) is 27.4 Å². The molecule has 0 saturated heterocycles.